The van der Waals surface area contributed by atoms with Crippen LogP contribution in [-0.2, 0) is 6.42 Å². The van der Waals surface area contributed by atoms with Crippen molar-refractivity contribution in [1.29, 1.82) is 10.5 Å². The zero-order valence-electron chi connectivity index (χ0n) is 10.7. The van der Waals surface area contributed by atoms with Crippen molar-refractivity contribution in [2.75, 3.05) is 0 Å². The third-order valence-electron chi connectivity index (χ3n) is 2.67. The van der Waals surface area contributed by atoms with E-state index in [2.05, 4.69) is 28.7 Å². The maximum atomic E-state index is 9.15. The van der Waals surface area contributed by atoms with Gasteiger partial charge < -0.3 is 0 Å². The van der Waals surface area contributed by atoms with E-state index in [1.807, 2.05) is 13.8 Å². The molecule has 0 atom stereocenters. The van der Waals surface area contributed by atoms with E-state index in [9.17, 15) is 0 Å². The monoisotopic (exact) mass is 240 g/mol. The second-order valence-corrected chi connectivity index (χ2v) is 4.58. The Morgan fingerprint density at radius 3 is 2.28 bits per heavy atom. The Kier molecular flexibility index (Phi) is 4.57. The van der Waals surface area contributed by atoms with Gasteiger partial charge in [0, 0.05) is 24.7 Å². The van der Waals surface area contributed by atoms with E-state index in [1.54, 1.807) is 18.5 Å². The Bertz CT molecular complexity index is 474. The molecule has 18 heavy (non-hydrogen) atoms. The summed E-state index contributed by atoms with van der Waals surface area (Å²) in [5.74, 6) is 1.03. The molecule has 0 aliphatic rings. The lowest BCUT2D eigenvalue weighted by Gasteiger charge is -2.16. The molecule has 0 aliphatic carbocycles. The van der Waals surface area contributed by atoms with Gasteiger partial charge in [-0.15, -0.1) is 6.58 Å². The molecule has 4 heteroatoms. The van der Waals surface area contributed by atoms with E-state index < -0.39 is 5.41 Å². The first kappa shape index (κ1) is 13.9. The van der Waals surface area contributed by atoms with Crippen molar-refractivity contribution in [3.05, 3.63) is 36.4 Å². The molecule has 0 saturated heterocycles. The molecule has 1 rings (SSSR count). The molecule has 0 N–H and O–H groups in total. The van der Waals surface area contributed by atoms with Crippen LogP contribution in [0.3, 0.4) is 0 Å². The highest BCUT2D eigenvalue weighted by atomic mass is 14.9. The molecule has 0 aliphatic heterocycles. The quantitative estimate of drug-likeness (QED) is 0.742. The number of nitriles is 2. The smallest absolute Gasteiger partial charge is 0.151 e. The summed E-state index contributed by atoms with van der Waals surface area (Å²) in [4.78, 5) is 8.47. The van der Waals surface area contributed by atoms with Gasteiger partial charge in [0.05, 0.1) is 12.1 Å². The largest absolute Gasteiger partial charge is 0.241 e. The molecule has 92 valence electrons. The molecule has 0 amide bonds. The lowest BCUT2D eigenvalue weighted by atomic mass is 9.82. The average molecular weight is 240 g/mol. The van der Waals surface area contributed by atoms with Gasteiger partial charge in [0.2, 0.25) is 0 Å². The SMILES string of the molecule is C=CCC(C#N)(C#N)Cc1cnc(C(C)C)nc1. The first-order chi connectivity index (χ1) is 8.56. The molecule has 0 fully saturated rings. The highest BCUT2D eigenvalue weighted by Crippen LogP contribution is 2.26. The normalized spacial score (nSPS) is 10.7. The second-order valence-electron chi connectivity index (χ2n) is 4.58. The van der Waals surface area contributed by atoms with Crippen LogP contribution < -0.4 is 0 Å². The van der Waals surface area contributed by atoms with E-state index >= 15 is 0 Å². The van der Waals surface area contributed by atoms with Crippen LogP contribution in [0.15, 0.2) is 25.0 Å². The fourth-order valence-electron chi connectivity index (χ4n) is 1.62. The zero-order chi connectivity index (χ0) is 13.6. The topological polar surface area (TPSA) is 73.4 Å². The van der Waals surface area contributed by atoms with Crippen molar-refractivity contribution in [3.8, 4) is 12.1 Å². The Morgan fingerprint density at radius 1 is 1.33 bits per heavy atom. The van der Waals surface area contributed by atoms with E-state index in [4.69, 9.17) is 10.5 Å². The summed E-state index contributed by atoms with van der Waals surface area (Å²) in [7, 11) is 0. The van der Waals surface area contributed by atoms with Gasteiger partial charge in [-0.25, -0.2) is 9.97 Å². The van der Waals surface area contributed by atoms with Crippen molar-refractivity contribution in [2.24, 2.45) is 5.41 Å². The molecule has 0 saturated carbocycles. The third kappa shape index (κ3) is 3.15. The molecule has 1 aromatic rings. The minimum atomic E-state index is -1.07. The molecule has 1 heterocycles. The molecule has 0 aromatic carbocycles. The Labute approximate surface area is 108 Å². The number of hydrogen-bond donors (Lipinski definition) is 0. The summed E-state index contributed by atoms with van der Waals surface area (Å²) < 4.78 is 0. The predicted molar refractivity (Wildman–Crippen MR) is 68.3 cm³/mol. The number of aromatic nitrogens is 2. The summed E-state index contributed by atoms with van der Waals surface area (Å²) in [5, 5.41) is 18.3. The van der Waals surface area contributed by atoms with Crippen molar-refractivity contribution in [1.82, 2.24) is 9.97 Å². The Hall–Kier alpha value is -2.20. The molecule has 0 radical (unpaired) electrons. The third-order valence-corrected chi connectivity index (χ3v) is 2.67. The van der Waals surface area contributed by atoms with Crippen molar-refractivity contribution < 1.29 is 0 Å². The first-order valence-electron chi connectivity index (χ1n) is 5.81. The molecular formula is C14H16N4. The van der Waals surface area contributed by atoms with Crippen LogP contribution in [0.1, 0.15) is 37.6 Å². The standard InChI is InChI=1S/C14H16N4/c1-4-5-14(9-15,10-16)6-12-7-17-13(11(2)3)18-8-12/h4,7-8,11H,1,5-6H2,2-3H3. The van der Waals surface area contributed by atoms with Crippen LogP contribution in [0.5, 0.6) is 0 Å². The molecule has 4 nitrogen and oxygen atoms in total. The lowest BCUT2D eigenvalue weighted by molar-refractivity contribution is 0.524. The molecule has 0 spiro atoms. The predicted octanol–water partition coefficient (Wildman–Crippen LogP) is 2.75. The van der Waals surface area contributed by atoms with Crippen LogP contribution in [0.25, 0.3) is 0 Å². The molecule has 0 bridgehead atoms. The number of hydrogen-bond acceptors (Lipinski definition) is 4. The highest BCUT2D eigenvalue weighted by molar-refractivity contribution is 5.22. The van der Waals surface area contributed by atoms with Crippen LogP contribution in [0, 0.1) is 28.1 Å². The number of allylic oxidation sites excluding steroid dienone is 1. The van der Waals surface area contributed by atoms with Crippen LogP contribution in [0.2, 0.25) is 0 Å². The maximum Gasteiger partial charge on any atom is 0.151 e. The summed E-state index contributed by atoms with van der Waals surface area (Å²) in [5.41, 5.74) is -0.269. The van der Waals surface area contributed by atoms with E-state index in [0.29, 0.717) is 12.8 Å². The van der Waals surface area contributed by atoms with Gasteiger partial charge in [0.25, 0.3) is 0 Å². The Balaban J connectivity index is 2.93. The van der Waals surface area contributed by atoms with Gasteiger partial charge in [-0.05, 0) is 12.0 Å². The van der Waals surface area contributed by atoms with Crippen LogP contribution in [0.4, 0.5) is 0 Å². The maximum absolute atomic E-state index is 9.15. The highest BCUT2D eigenvalue weighted by Gasteiger charge is 2.29. The number of nitrogens with zero attached hydrogens (tertiary/aromatic N) is 4. The van der Waals surface area contributed by atoms with E-state index in [-0.39, 0.29) is 5.92 Å². The van der Waals surface area contributed by atoms with E-state index in [1.165, 1.54) is 0 Å². The van der Waals surface area contributed by atoms with Crippen molar-refractivity contribution in [3.63, 3.8) is 0 Å². The first-order valence-corrected chi connectivity index (χ1v) is 5.81. The fourth-order valence-corrected chi connectivity index (χ4v) is 1.62. The van der Waals surface area contributed by atoms with E-state index in [0.717, 1.165) is 11.4 Å². The van der Waals surface area contributed by atoms with Gasteiger partial charge in [0.1, 0.15) is 5.82 Å². The molecular weight excluding hydrogens is 224 g/mol. The van der Waals surface area contributed by atoms with Gasteiger partial charge in [-0.1, -0.05) is 19.9 Å². The summed E-state index contributed by atoms with van der Waals surface area (Å²) in [6.07, 6.45) is 5.63. The number of rotatable bonds is 5. The van der Waals surface area contributed by atoms with Gasteiger partial charge in [-0.2, -0.15) is 10.5 Å². The van der Waals surface area contributed by atoms with Gasteiger partial charge in [0.15, 0.2) is 5.41 Å². The van der Waals surface area contributed by atoms with Crippen molar-refractivity contribution >= 4 is 0 Å². The van der Waals surface area contributed by atoms with Crippen LogP contribution in [-0.4, -0.2) is 9.97 Å². The second kappa shape index (κ2) is 5.93. The Morgan fingerprint density at radius 2 is 1.89 bits per heavy atom. The minimum absolute atomic E-state index is 0.268. The average Bonchev–Trinajstić information content (AvgIpc) is 2.38. The minimum Gasteiger partial charge on any atom is -0.241 e. The van der Waals surface area contributed by atoms with Crippen LogP contribution >= 0.6 is 0 Å². The summed E-state index contributed by atoms with van der Waals surface area (Å²) in [6.45, 7) is 7.62. The van der Waals surface area contributed by atoms with Gasteiger partial charge >= 0.3 is 0 Å². The molecule has 1 aromatic heterocycles. The van der Waals surface area contributed by atoms with Crippen molar-refractivity contribution in [2.45, 2.75) is 32.6 Å². The molecule has 0 unspecified atom stereocenters. The van der Waals surface area contributed by atoms with Gasteiger partial charge in [-0.3, -0.25) is 0 Å². The lowest BCUT2D eigenvalue weighted by Crippen LogP contribution is -2.19. The summed E-state index contributed by atoms with van der Waals surface area (Å²) >= 11 is 0. The zero-order valence-corrected chi connectivity index (χ0v) is 10.7. The fraction of sp³-hybridized carbons (Fsp3) is 0.429. The summed E-state index contributed by atoms with van der Waals surface area (Å²) in [6, 6.07) is 4.13.